The predicted octanol–water partition coefficient (Wildman–Crippen LogP) is 1.08. The molecule has 0 radical (unpaired) electrons. The molecule has 0 unspecified atom stereocenters. The maximum atomic E-state index is 12.1. The smallest absolute Gasteiger partial charge is 0.326 e. The lowest BCUT2D eigenvalue weighted by molar-refractivity contribution is -0.140. The summed E-state index contributed by atoms with van der Waals surface area (Å²) in [5.41, 5.74) is -0.0959. The quantitative estimate of drug-likeness (QED) is 0.735. The molecule has 1 aliphatic rings. The van der Waals surface area contributed by atoms with Crippen molar-refractivity contribution in [3.8, 4) is 0 Å². The molecule has 2 atom stereocenters. The fourth-order valence-corrected chi connectivity index (χ4v) is 2.54. The summed E-state index contributed by atoms with van der Waals surface area (Å²) in [5, 5.41) is 11.9. The van der Waals surface area contributed by atoms with Gasteiger partial charge in [-0.2, -0.15) is 0 Å². The van der Waals surface area contributed by atoms with Crippen LogP contribution < -0.4 is 5.32 Å². The lowest BCUT2D eigenvalue weighted by Crippen LogP contribution is -2.51. The van der Waals surface area contributed by atoms with Crippen molar-refractivity contribution in [2.45, 2.75) is 24.9 Å². The molecule has 1 aromatic heterocycles. The molecule has 0 aromatic carbocycles. The summed E-state index contributed by atoms with van der Waals surface area (Å²) in [4.78, 5) is 32.3. The van der Waals surface area contributed by atoms with Gasteiger partial charge in [0.2, 0.25) is 0 Å². The summed E-state index contributed by atoms with van der Waals surface area (Å²) < 4.78 is 0.732. The van der Waals surface area contributed by atoms with Crippen LogP contribution in [0.4, 0.5) is 0 Å². The number of aliphatic imine (C=N–C) groups is 1. The average Bonchev–Trinajstić information content (AvgIpc) is 2.96. The Morgan fingerprint density at radius 3 is 2.86 bits per heavy atom. The van der Waals surface area contributed by atoms with E-state index in [-0.39, 0.29) is 6.42 Å². The molecule has 1 amide bonds. The third-order valence-corrected chi connectivity index (χ3v) is 4.14. The lowest BCUT2D eigenvalue weighted by Gasteiger charge is -2.34. The van der Waals surface area contributed by atoms with E-state index in [1.54, 1.807) is 18.6 Å². The first kappa shape index (κ1) is 15.6. The molecule has 0 saturated carbocycles. The molecular formula is C13H17BrN4O3. The van der Waals surface area contributed by atoms with Crippen LogP contribution in [0, 0.1) is 0 Å². The number of aromatic nitrogens is 1. The van der Waals surface area contributed by atoms with Gasteiger partial charge < -0.3 is 20.3 Å². The van der Waals surface area contributed by atoms with E-state index in [1.807, 2.05) is 18.9 Å². The summed E-state index contributed by atoms with van der Waals surface area (Å²) in [6.45, 7) is 2.44. The van der Waals surface area contributed by atoms with Gasteiger partial charge in [0.15, 0.2) is 0 Å². The Bertz CT molecular complexity index is 586. The zero-order valence-electron chi connectivity index (χ0n) is 11.8. The Morgan fingerprint density at radius 1 is 1.67 bits per heavy atom. The number of nitrogens with zero attached hydrogens (tertiary/aromatic N) is 2. The van der Waals surface area contributed by atoms with Gasteiger partial charge in [0, 0.05) is 24.1 Å². The van der Waals surface area contributed by atoms with Crippen molar-refractivity contribution >= 4 is 34.1 Å². The Kier molecular flexibility index (Phi) is 4.36. The number of hydrogen-bond donors (Lipinski definition) is 3. The van der Waals surface area contributed by atoms with Crippen molar-refractivity contribution in [3.05, 3.63) is 22.4 Å². The summed E-state index contributed by atoms with van der Waals surface area (Å²) >= 11 is 3.23. The number of carbonyl (C=O) groups excluding carboxylic acids is 1. The highest BCUT2D eigenvalue weighted by atomic mass is 79.9. The fourth-order valence-electron chi connectivity index (χ4n) is 2.19. The van der Waals surface area contributed by atoms with Crippen molar-refractivity contribution in [1.82, 2.24) is 15.2 Å². The number of aromatic amines is 1. The van der Waals surface area contributed by atoms with Gasteiger partial charge in [-0.25, -0.2) is 4.79 Å². The number of H-pyrrole nitrogens is 1. The highest BCUT2D eigenvalue weighted by molar-refractivity contribution is 9.10. The van der Waals surface area contributed by atoms with Gasteiger partial charge in [-0.15, -0.1) is 0 Å². The van der Waals surface area contributed by atoms with Crippen LogP contribution >= 0.6 is 15.9 Å². The molecule has 0 spiro atoms. The Morgan fingerprint density at radius 2 is 2.38 bits per heavy atom. The van der Waals surface area contributed by atoms with Gasteiger partial charge in [0.05, 0.1) is 18.4 Å². The first-order valence-corrected chi connectivity index (χ1v) is 7.21. The SMILES string of the molecule is CN1C=NC[C@]1(C)C[C@H](NC(=O)c1cc(Br)c[nH]1)C(=O)O. The summed E-state index contributed by atoms with van der Waals surface area (Å²) in [7, 11) is 1.85. The van der Waals surface area contributed by atoms with Crippen LogP contribution in [0.25, 0.3) is 0 Å². The molecule has 0 fully saturated rings. The lowest BCUT2D eigenvalue weighted by atomic mass is 9.92. The second-order valence-electron chi connectivity index (χ2n) is 5.36. The molecule has 8 heteroatoms. The molecule has 1 aliphatic heterocycles. The van der Waals surface area contributed by atoms with Crippen LogP contribution in [0.2, 0.25) is 0 Å². The third kappa shape index (κ3) is 3.44. The van der Waals surface area contributed by atoms with Crippen LogP contribution in [-0.2, 0) is 4.79 Å². The molecule has 0 aliphatic carbocycles. The summed E-state index contributed by atoms with van der Waals surface area (Å²) in [6, 6.07) is 0.620. The van der Waals surface area contributed by atoms with Crippen molar-refractivity contribution in [1.29, 1.82) is 0 Å². The molecule has 2 heterocycles. The molecule has 3 N–H and O–H groups in total. The Labute approximate surface area is 130 Å². The number of aliphatic carboxylic acids is 1. The normalized spacial score (nSPS) is 22.3. The van der Waals surface area contributed by atoms with Gasteiger partial charge in [-0.05, 0) is 28.9 Å². The van der Waals surface area contributed by atoms with Crippen LogP contribution in [0.1, 0.15) is 23.8 Å². The Balaban J connectivity index is 2.06. The molecular weight excluding hydrogens is 340 g/mol. The monoisotopic (exact) mass is 356 g/mol. The van der Waals surface area contributed by atoms with Crippen molar-refractivity contribution < 1.29 is 14.7 Å². The van der Waals surface area contributed by atoms with Gasteiger partial charge in [-0.3, -0.25) is 9.79 Å². The van der Waals surface area contributed by atoms with Crippen LogP contribution in [0.5, 0.6) is 0 Å². The van der Waals surface area contributed by atoms with Gasteiger partial charge >= 0.3 is 5.97 Å². The van der Waals surface area contributed by atoms with E-state index in [1.165, 1.54) is 0 Å². The van der Waals surface area contributed by atoms with Crippen molar-refractivity contribution in [2.24, 2.45) is 4.99 Å². The second kappa shape index (κ2) is 5.88. The third-order valence-electron chi connectivity index (χ3n) is 3.68. The fraction of sp³-hybridized carbons (Fsp3) is 0.462. The number of hydrogen-bond acceptors (Lipinski definition) is 4. The van der Waals surface area contributed by atoms with E-state index in [0.717, 1.165) is 4.47 Å². The van der Waals surface area contributed by atoms with Crippen LogP contribution in [-0.4, -0.2) is 58.4 Å². The minimum Gasteiger partial charge on any atom is -0.480 e. The maximum Gasteiger partial charge on any atom is 0.326 e. The van der Waals surface area contributed by atoms with Crippen molar-refractivity contribution in [3.63, 3.8) is 0 Å². The summed E-state index contributed by atoms with van der Waals surface area (Å²) in [5.74, 6) is -1.51. The number of carbonyl (C=O) groups is 2. The van der Waals surface area contributed by atoms with Crippen LogP contribution in [0.3, 0.4) is 0 Å². The van der Waals surface area contributed by atoms with E-state index >= 15 is 0 Å². The van der Waals surface area contributed by atoms with E-state index in [0.29, 0.717) is 12.2 Å². The van der Waals surface area contributed by atoms with Gasteiger partial charge in [0.1, 0.15) is 11.7 Å². The van der Waals surface area contributed by atoms with Crippen LogP contribution in [0.15, 0.2) is 21.7 Å². The minimum atomic E-state index is -1.06. The van der Waals surface area contributed by atoms with Gasteiger partial charge in [-0.1, -0.05) is 0 Å². The molecule has 1 aromatic rings. The zero-order chi connectivity index (χ0) is 15.6. The molecule has 0 bridgehead atoms. The second-order valence-corrected chi connectivity index (χ2v) is 6.28. The number of halogens is 1. The molecule has 21 heavy (non-hydrogen) atoms. The van der Waals surface area contributed by atoms with E-state index in [4.69, 9.17) is 0 Å². The number of likely N-dealkylation sites (N-methyl/N-ethyl adjacent to an activating group) is 1. The largest absolute Gasteiger partial charge is 0.480 e. The molecule has 114 valence electrons. The first-order valence-electron chi connectivity index (χ1n) is 6.42. The first-order chi connectivity index (χ1) is 9.82. The molecule has 2 rings (SSSR count). The number of carboxylic acids is 1. The van der Waals surface area contributed by atoms with E-state index in [2.05, 4.69) is 31.2 Å². The van der Waals surface area contributed by atoms with E-state index < -0.39 is 23.5 Å². The number of nitrogens with one attached hydrogen (secondary N) is 2. The topological polar surface area (TPSA) is 97.8 Å². The minimum absolute atomic E-state index is 0.270. The summed E-state index contributed by atoms with van der Waals surface area (Å²) in [6.07, 6.45) is 3.57. The number of carboxylic acid groups (broad SMARTS) is 1. The average molecular weight is 357 g/mol. The molecule has 0 saturated heterocycles. The number of rotatable bonds is 5. The van der Waals surface area contributed by atoms with Gasteiger partial charge in [0.25, 0.3) is 5.91 Å². The van der Waals surface area contributed by atoms with Crippen molar-refractivity contribution in [2.75, 3.05) is 13.6 Å². The zero-order valence-corrected chi connectivity index (χ0v) is 13.3. The molecule has 7 nitrogen and oxygen atoms in total. The Hall–Kier alpha value is -1.83. The maximum absolute atomic E-state index is 12.1. The highest BCUT2D eigenvalue weighted by Crippen LogP contribution is 2.23. The predicted molar refractivity (Wildman–Crippen MR) is 81.5 cm³/mol. The highest BCUT2D eigenvalue weighted by Gasteiger charge is 2.37. The number of amides is 1. The van der Waals surface area contributed by atoms with E-state index in [9.17, 15) is 14.7 Å². The standard InChI is InChI=1S/C13H17BrN4O3/c1-13(6-15-7-18(13)2)4-10(12(20)21)17-11(19)9-3-8(14)5-16-9/h3,5,7,10,16H,4,6H2,1-2H3,(H,17,19)(H,20,21)/t10-,13-/m0/s1.